The number of amides is 2. The average molecular weight is 385 g/mol. The van der Waals surface area contributed by atoms with Crippen molar-refractivity contribution in [2.24, 2.45) is 5.92 Å². The van der Waals surface area contributed by atoms with Crippen molar-refractivity contribution in [3.8, 4) is 5.75 Å². The second-order valence-corrected chi connectivity index (χ2v) is 6.91. The van der Waals surface area contributed by atoms with Crippen LogP contribution in [0.3, 0.4) is 0 Å². The molecule has 1 rings (SSSR count). The maximum atomic E-state index is 12.1. The van der Waals surface area contributed by atoms with Crippen molar-refractivity contribution in [1.29, 1.82) is 0 Å². The maximum Gasteiger partial charge on any atom is 0.326 e. The van der Waals surface area contributed by atoms with E-state index in [4.69, 9.17) is 21.4 Å². The summed E-state index contributed by atoms with van der Waals surface area (Å²) < 4.78 is 5.52. The fourth-order valence-corrected chi connectivity index (χ4v) is 2.36. The summed E-state index contributed by atoms with van der Waals surface area (Å²) in [6.45, 7) is 6.79. The molecule has 8 heteroatoms. The van der Waals surface area contributed by atoms with E-state index in [9.17, 15) is 14.4 Å². The van der Waals surface area contributed by atoms with E-state index in [0.29, 0.717) is 17.2 Å². The molecule has 26 heavy (non-hydrogen) atoms. The number of ether oxygens (including phenoxy) is 1. The van der Waals surface area contributed by atoms with Gasteiger partial charge in [-0.1, -0.05) is 31.5 Å². The van der Waals surface area contributed by atoms with E-state index in [1.807, 2.05) is 26.8 Å². The van der Waals surface area contributed by atoms with Crippen LogP contribution in [-0.2, 0) is 14.4 Å². The molecule has 7 nitrogen and oxygen atoms in total. The summed E-state index contributed by atoms with van der Waals surface area (Å²) in [6.07, 6.45) is -0.562. The van der Waals surface area contributed by atoms with Crippen molar-refractivity contribution in [2.45, 2.75) is 46.3 Å². The monoisotopic (exact) mass is 384 g/mol. The zero-order chi connectivity index (χ0) is 19.9. The number of rotatable bonds is 9. The lowest BCUT2D eigenvalue weighted by atomic mass is 10.0. The summed E-state index contributed by atoms with van der Waals surface area (Å²) >= 11 is 6.02. The first-order valence-corrected chi connectivity index (χ1v) is 8.70. The normalized spacial score (nSPS) is 13.0. The van der Waals surface area contributed by atoms with E-state index in [0.717, 1.165) is 5.56 Å². The summed E-state index contributed by atoms with van der Waals surface area (Å²) in [6, 6.07) is 4.22. The van der Waals surface area contributed by atoms with Gasteiger partial charge in [0.15, 0.2) is 6.10 Å². The second-order valence-electron chi connectivity index (χ2n) is 6.50. The van der Waals surface area contributed by atoms with Gasteiger partial charge in [0.05, 0.1) is 11.6 Å². The highest BCUT2D eigenvalue weighted by molar-refractivity contribution is 6.32. The quantitative estimate of drug-likeness (QED) is 0.605. The van der Waals surface area contributed by atoms with E-state index < -0.39 is 29.9 Å². The number of carbonyl (C=O) groups is 3. The first-order valence-electron chi connectivity index (χ1n) is 8.32. The Labute approximate surface area is 158 Å². The Bertz CT molecular complexity index is 663. The number of carboxylic acids is 1. The molecule has 0 fully saturated rings. The number of nitrogens with one attached hydrogen (secondary N) is 2. The largest absolute Gasteiger partial charge is 0.480 e. The van der Waals surface area contributed by atoms with Gasteiger partial charge >= 0.3 is 5.97 Å². The Morgan fingerprint density at radius 3 is 2.46 bits per heavy atom. The molecule has 144 valence electrons. The molecule has 0 aliphatic carbocycles. The van der Waals surface area contributed by atoms with Gasteiger partial charge in [0, 0.05) is 0 Å². The lowest BCUT2D eigenvalue weighted by molar-refractivity contribution is -0.142. The van der Waals surface area contributed by atoms with Gasteiger partial charge in [0.2, 0.25) is 5.91 Å². The molecule has 1 aromatic rings. The van der Waals surface area contributed by atoms with Crippen LogP contribution in [0.2, 0.25) is 5.02 Å². The minimum Gasteiger partial charge on any atom is -0.480 e. The van der Waals surface area contributed by atoms with Crippen molar-refractivity contribution in [1.82, 2.24) is 10.6 Å². The van der Waals surface area contributed by atoms with Gasteiger partial charge in [-0.15, -0.1) is 0 Å². The first kappa shape index (κ1) is 21.8. The van der Waals surface area contributed by atoms with Crippen LogP contribution in [-0.4, -0.2) is 41.6 Å². The fourth-order valence-electron chi connectivity index (χ4n) is 2.19. The Morgan fingerprint density at radius 2 is 1.88 bits per heavy atom. The lowest BCUT2D eigenvalue weighted by Gasteiger charge is -2.18. The number of benzene rings is 1. The molecule has 2 atom stereocenters. The smallest absolute Gasteiger partial charge is 0.326 e. The van der Waals surface area contributed by atoms with Crippen molar-refractivity contribution in [3.05, 3.63) is 28.8 Å². The third-order valence-electron chi connectivity index (χ3n) is 3.52. The topological polar surface area (TPSA) is 105 Å². The molecule has 1 unspecified atom stereocenters. The molecule has 1 aromatic carbocycles. The minimum absolute atomic E-state index is 0.110. The zero-order valence-electron chi connectivity index (χ0n) is 15.3. The number of aliphatic carboxylic acids is 1. The van der Waals surface area contributed by atoms with Gasteiger partial charge in [-0.25, -0.2) is 4.79 Å². The predicted octanol–water partition coefficient (Wildman–Crippen LogP) is 2.15. The van der Waals surface area contributed by atoms with Gasteiger partial charge in [-0.05, 0) is 43.9 Å². The summed E-state index contributed by atoms with van der Waals surface area (Å²) in [5.41, 5.74) is 0.932. The summed E-state index contributed by atoms with van der Waals surface area (Å²) in [5, 5.41) is 14.3. The minimum atomic E-state index is -1.11. The number of halogens is 1. The van der Waals surface area contributed by atoms with Gasteiger partial charge in [-0.2, -0.15) is 0 Å². The van der Waals surface area contributed by atoms with Gasteiger partial charge in [0.25, 0.3) is 5.91 Å². The second kappa shape index (κ2) is 10.0. The Balaban J connectivity index is 2.52. The van der Waals surface area contributed by atoms with E-state index in [1.165, 1.54) is 6.92 Å². The highest BCUT2D eigenvalue weighted by Gasteiger charge is 2.22. The molecule has 0 aromatic heterocycles. The van der Waals surface area contributed by atoms with E-state index in [2.05, 4.69) is 10.6 Å². The summed E-state index contributed by atoms with van der Waals surface area (Å²) in [5.74, 6) is -1.70. The Kier molecular flexibility index (Phi) is 8.38. The molecule has 0 spiro atoms. The highest BCUT2D eigenvalue weighted by atomic mass is 35.5. The Morgan fingerprint density at radius 1 is 1.23 bits per heavy atom. The van der Waals surface area contributed by atoms with Crippen LogP contribution in [0.15, 0.2) is 18.2 Å². The lowest BCUT2D eigenvalue weighted by Crippen LogP contribution is -2.47. The molecular weight excluding hydrogens is 360 g/mol. The maximum absolute atomic E-state index is 12.1. The molecule has 0 aliphatic heterocycles. The summed E-state index contributed by atoms with van der Waals surface area (Å²) in [7, 11) is 0. The van der Waals surface area contributed by atoms with Gasteiger partial charge in [0.1, 0.15) is 11.8 Å². The predicted molar refractivity (Wildman–Crippen MR) is 98.3 cm³/mol. The third-order valence-corrected chi connectivity index (χ3v) is 3.84. The molecular formula is C18H25ClN2O5. The van der Waals surface area contributed by atoms with Crippen molar-refractivity contribution in [3.63, 3.8) is 0 Å². The third kappa shape index (κ3) is 7.31. The molecule has 0 aliphatic rings. The van der Waals surface area contributed by atoms with Gasteiger partial charge in [-0.3, -0.25) is 9.59 Å². The SMILES string of the molecule is Cc1ccc(Cl)c(OC(C)C(=O)NCC(=O)N[C@@H](CC(C)C)C(=O)O)c1. The number of aryl methyl sites for hydroxylation is 1. The standard InChI is InChI=1S/C18H25ClN2O5/c1-10(2)7-14(18(24)25)21-16(22)9-20-17(23)12(4)26-15-8-11(3)5-6-13(15)19/h5-6,8,10,12,14H,7,9H2,1-4H3,(H,20,23)(H,21,22)(H,24,25)/t12?,14-/m0/s1. The number of carboxylic acid groups (broad SMARTS) is 1. The molecule has 0 saturated carbocycles. The van der Waals surface area contributed by atoms with Crippen LogP contribution in [0.25, 0.3) is 0 Å². The van der Waals surface area contributed by atoms with Crippen LogP contribution in [0, 0.1) is 12.8 Å². The molecule has 0 heterocycles. The average Bonchev–Trinajstić information content (AvgIpc) is 2.54. The van der Waals surface area contributed by atoms with E-state index in [-0.39, 0.29) is 12.5 Å². The van der Waals surface area contributed by atoms with Crippen molar-refractivity contribution >= 4 is 29.4 Å². The number of carbonyl (C=O) groups excluding carboxylic acids is 2. The van der Waals surface area contributed by atoms with E-state index >= 15 is 0 Å². The van der Waals surface area contributed by atoms with Crippen molar-refractivity contribution < 1.29 is 24.2 Å². The number of hydrogen-bond donors (Lipinski definition) is 3. The zero-order valence-corrected chi connectivity index (χ0v) is 16.1. The van der Waals surface area contributed by atoms with E-state index in [1.54, 1.807) is 12.1 Å². The van der Waals surface area contributed by atoms with Crippen molar-refractivity contribution in [2.75, 3.05) is 6.54 Å². The molecule has 3 N–H and O–H groups in total. The van der Waals surface area contributed by atoms with Gasteiger partial charge < -0.3 is 20.5 Å². The van der Waals surface area contributed by atoms with Crippen LogP contribution in [0.1, 0.15) is 32.8 Å². The molecule has 0 saturated heterocycles. The Hall–Kier alpha value is -2.28. The summed E-state index contributed by atoms with van der Waals surface area (Å²) in [4.78, 5) is 35.1. The molecule has 0 bridgehead atoms. The first-order chi connectivity index (χ1) is 12.1. The number of hydrogen-bond acceptors (Lipinski definition) is 4. The van der Waals surface area contributed by atoms with Crippen LogP contribution in [0.5, 0.6) is 5.75 Å². The molecule has 0 radical (unpaired) electrons. The highest BCUT2D eigenvalue weighted by Crippen LogP contribution is 2.26. The van der Waals surface area contributed by atoms with Crippen LogP contribution < -0.4 is 15.4 Å². The van der Waals surface area contributed by atoms with Crippen LogP contribution in [0.4, 0.5) is 0 Å². The molecule has 2 amide bonds. The van der Waals surface area contributed by atoms with Crippen LogP contribution >= 0.6 is 11.6 Å². The fraction of sp³-hybridized carbons (Fsp3) is 0.500.